The van der Waals surface area contributed by atoms with E-state index in [1.165, 1.54) is 12.1 Å². The summed E-state index contributed by atoms with van der Waals surface area (Å²) < 4.78 is 13.2. The zero-order chi connectivity index (χ0) is 28.1. The minimum absolute atomic E-state index is 0.179. The summed E-state index contributed by atoms with van der Waals surface area (Å²) in [5, 5.41) is 25.5. The summed E-state index contributed by atoms with van der Waals surface area (Å²) in [6.07, 6.45) is 2.93. The molecular weight excluding hydrogens is 515 g/mol. The van der Waals surface area contributed by atoms with E-state index in [4.69, 9.17) is 0 Å². The Morgan fingerprint density at radius 1 is 1.02 bits per heavy atom. The lowest BCUT2D eigenvalue weighted by Crippen LogP contribution is -2.51. The topological polar surface area (TPSA) is 127 Å². The Morgan fingerprint density at radius 2 is 1.75 bits per heavy atom. The van der Waals surface area contributed by atoms with E-state index in [-0.39, 0.29) is 17.6 Å². The van der Waals surface area contributed by atoms with Gasteiger partial charge in [-0.15, -0.1) is 0 Å². The number of aliphatic carboxylic acids is 1. The summed E-state index contributed by atoms with van der Waals surface area (Å²) in [7, 11) is 0. The Labute approximate surface area is 232 Å². The quantitative estimate of drug-likeness (QED) is 0.369. The number of benzene rings is 2. The highest BCUT2D eigenvalue weighted by atomic mass is 19.1. The highest BCUT2D eigenvalue weighted by molar-refractivity contribution is 5.97. The molecule has 2 aliphatic heterocycles. The van der Waals surface area contributed by atoms with E-state index >= 15 is 0 Å². The SMILES string of the molecule is O=C(N[C@@H](CCCN[C@@H]1C[C@H]1c1ccc(F)cc1)C(=O)N1CCC(C(=O)O)CC1)c1ccc(N2CCN=N2)cc1. The van der Waals surface area contributed by atoms with E-state index in [1.807, 2.05) is 24.3 Å². The monoisotopic (exact) mass is 550 g/mol. The van der Waals surface area contributed by atoms with Crippen molar-refractivity contribution in [3.63, 3.8) is 0 Å². The Balaban J connectivity index is 1.16. The molecule has 10 nitrogen and oxygen atoms in total. The number of carboxylic acids is 1. The van der Waals surface area contributed by atoms with Crippen LogP contribution >= 0.6 is 0 Å². The van der Waals surface area contributed by atoms with Crippen LogP contribution in [0.3, 0.4) is 0 Å². The molecule has 11 heteroatoms. The number of anilines is 1. The van der Waals surface area contributed by atoms with Gasteiger partial charge >= 0.3 is 5.97 Å². The fraction of sp³-hybridized carbons (Fsp3) is 0.483. The van der Waals surface area contributed by atoms with Crippen molar-refractivity contribution in [2.75, 3.05) is 37.7 Å². The third-order valence-corrected chi connectivity index (χ3v) is 7.93. The second-order valence-electron chi connectivity index (χ2n) is 10.7. The summed E-state index contributed by atoms with van der Waals surface area (Å²) >= 11 is 0. The Morgan fingerprint density at radius 3 is 2.40 bits per heavy atom. The van der Waals surface area contributed by atoms with Crippen LogP contribution in [0.5, 0.6) is 0 Å². The molecule has 2 aromatic carbocycles. The number of carboxylic acid groups (broad SMARTS) is 1. The summed E-state index contributed by atoms with van der Waals surface area (Å²) in [6.45, 7) is 2.74. The van der Waals surface area contributed by atoms with Gasteiger partial charge in [0.15, 0.2) is 0 Å². The van der Waals surface area contributed by atoms with Crippen molar-refractivity contribution in [2.45, 2.75) is 50.1 Å². The minimum atomic E-state index is -0.833. The van der Waals surface area contributed by atoms with Gasteiger partial charge in [-0.3, -0.25) is 14.4 Å². The molecule has 0 unspecified atom stereocenters. The van der Waals surface area contributed by atoms with E-state index in [0.29, 0.717) is 75.9 Å². The lowest BCUT2D eigenvalue weighted by molar-refractivity contribution is -0.146. The van der Waals surface area contributed by atoms with Crippen LogP contribution in [-0.2, 0) is 9.59 Å². The average Bonchev–Trinajstić information content (AvgIpc) is 3.53. The van der Waals surface area contributed by atoms with Gasteiger partial charge < -0.3 is 20.6 Å². The Bertz CT molecular complexity index is 1230. The highest BCUT2D eigenvalue weighted by Gasteiger charge is 2.38. The molecule has 3 aliphatic rings. The van der Waals surface area contributed by atoms with Gasteiger partial charge in [0.25, 0.3) is 5.91 Å². The molecular formula is C29H35FN6O4. The highest BCUT2D eigenvalue weighted by Crippen LogP contribution is 2.40. The number of halogens is 1. The lowest BCUT2D eigenvalue weighted by Gasteiger charge is -2.33. The summed E-state index contributed by atoms with van der Waals surface area (Å²) in [6, 6.07) is 13.2. The maximum atomic E-state index is 13.5. The first kappa shape index (κ1) is 27.7. The van der Waals surface area contributed by atoms with Crippen molar-refractivity contribution in [3.8, 4) is 0 Å². The molecule has 3 atom stereocenters. The molecule has 40 heavy (non-hydrogen) atoms. The zero-order valence-electron chi connectivity index (χ0n) is 22.3. The predicted octanol–water partition coefficient (Wildman–Crippen LogP) is 3.36. The third kappa shape index (κ3) is 6.82. The molecule has 0 radical (unpaired) electrons. The number of likely N-dealkylation sites (tertiary alicyclic amines) is 1. The molecule has 2 heterocycles. The van der Waals surface area contributed by atoms with E-state index in [0.717, 1.165) is 17.7 Å². The Kier molecular flexibility index (Phi) is 8.69. The van der Waals surface area contributed by atoms with Crippen LogP contribution in [0, 0.1) is 11.7 Å². The molecule has 1 saturated heterocycles. The van der Waals surface area contributed by atoms with Gasteiger partial charge in [-0.2, -0.15) is 5.11 Å². The van der Waals surface area contributed by atoms with E-state index < -0.39 is 17.9 Å². The number of nitrogens with zero attached hydrogens (tertiary/aromatic N) is 4. The molecule has 1 aliphatic carbocycles. The van der Waals surface area contributed by atoms with Crippen LogP contribution < -0.4 is 15.6 Å². The fourth-order valence-corrected chi connectivity index (χ4v) is 5.43. The lowest BCUT2D eigenvalue weighted by atomic mass is 9.96. The first-order valence-electron chi connectivity index (χ1n) is 14.0. The summed E-state index contributed by atoms with van der Waals surface area (Å²) in [5.74, 6) is -1.67. The van der Waals surface area contributed by atoms with Crippen LogP contribution in [-0.4, -0.2) is 72.6 Å². The second-order valence-corrected chi connectivity index (χ2v) is 10.7. The molecule has 0 bridgehead atoms. The maximum Gasteiger partial charge on any atom is 0.306 e. The summed E-state index contributed by atoms with van der Waals surface area (Å²) in [5.41, 5.74) is 2.40. The van der Waals surface area contributed by atoms with Crippen molar-refractivity contribution in [1.82, 2.24) is 15.5 Å². The van der Waals surface area contributed by atoms with Gasteiger partial charge in [-0.05, 0) is 80.6 Å². The number of hydrogen-bond acceptors (Lipinski definition) is 7. The van der Waals surface area contributed by atoms with Gasteiger partial charge in [-0.1, -0.05) is 17.4 Å². The molecule has 0 aromatic heterocycles. The van der Waals surface area contributed by atoms with Crippen LogP contribution in [0.2, 0.25) is 0 Å². The van der Waals surface area contributed by atoms with Gasteiger partial charge in [-0.25, -0.2) is 9.40 Å². The van der Waals surface area contributed by atoms with E-state index in [2.05, 4.69) is 21.0 Å². The number of piperidine rings is 1. The molecule has 3 N–H and O–H groups in total. The Hall–Kier alpha value is -3.86. The standard InChI is InChI=1S/C29H35FN6O4/c30-22-7-3-19(4-8-22)24-18-26(24)31-13-1-2-25(28(38)35-15-11-21(12-16-35)29(39)40)33-27(37)20-5-9-23(10-6-20)36-17-14-32-34-36/h3-10,21,24-26,31H,1-2,11-18H2,(H,33,37)(H,39,40)/t24-,25-,26+/m0/s1. The molecule has 5 rings (SSSR count). The average molecular weight is 551 g/mol. The van der Waals surface area contributed by atoms with Crippen LogP contribution in [0.25, 0.3) is 0 Å². The molecule has 212 valence electrons. The first-order chi connectivity index (χ1) is 19.4. The van der Waals surface area contributed by atoms with E-state index in [1.54, 1.807) is 22.0 Å². The van der Waals surface area contributed by atoms with Crippen LogP contribution in [0.1, 0.15) is 53.9 Å². The smallest absolute Gasteiger partial charge is 0.306 e. The maximum absolute atomic E-state index is 13.5. The second kappa shape index (κ2) is 12.5. The minimum Gasteiger partial charge on any atom is -0.481 e. The van der Waals surface area contributed by atoms with Crippen LogP contribution in [0.4, 0.5) is 10.1 Å². The normalized spacial score (nSPS) is 21.3. The fourth-order valence-electron chi connectivity index (χ4n) is 5.43. The molecule has 2 aromatic rings. The number of carbonyl (C=O) groups is 3. The predicted molar refractivity (Wildman–Crippen MR) is 146 cm³/mol. The van der Waals surface area contributed by atoms with Crippen LogP contribution in [0.15, 0.2) is 58.9 Å². The molecule has 2 amide bonds. The molecule has 2 fully saturated rings. The first-order valence-corrected chi connectivity index (χ1v) is 14.0. The van der Waals surface area contributed by atoms with Crippen molar-refractivity contribution >= 4 is 23.5 Å². The van der Waals surface area contributed by atoms with Gasteiger partial charge in [0.2, 0.25) is 5.91 Å². The number of rotatable bonds is 11. The van der Waals surface area contributed by atoms with E-state index in [9.17, 15) is 23.9 Å². The number of carbonyl (C=O) groups excluding carboxylic acids is 2. The number of hydrogen-bond donors (Lipinski definition) is 3. The third-order valence-electron chi connectivity index (χ3n) is 7.93. The molecule has 1 saturated carbocycles. The van der Waals surface area contributed by atoms with Crippen molar-refractivity contribution in [2.24, 2.45) is 16.3 Å². The summed E-state index contributed by atoms with van der Waals surface area (Å²) in [4.78, 5) is 39.6. The number of nitrogens with one attached hydrogen (secondary N) is 2. The molecule has 0 spiro atoms. The van der Waals surface area contributed by atoms with Crippen molar-refractivity contribution < 1.29 is 23.9 Å². The van der Waals surface area contributed by atoms with Crippen molar-refractivity contribution in [3.05, 3.63) is 65.5 Å². The largest absolute Gasteiger partial charge is 0.481 e. The number of amides is 2. The van der Waals surface area contributed by atoms with Gasteiger partial charge in [0.1, 0.15) is 11.9 Å². The van der Waals surface area contributed by atoms with Gasteiger partial charge in [0, 0.05) is 30.6 Å². The zero-order valence-corrected chi connectivity index (χ0v) is 22.3. The van der Waals surface area contributed by atoms with Gasteiger partial charge in [0.05, 0.1) is 24.7 Å². The van der Waals surface area contributed by atoms with Crippen molar-refractivity contribution in [1.29, 1.82) is 0 Å².